The zero-order valence-electron chi connectivity index (χ0n) is 12.6. The van der Waals surface area contributed by atoms with Crippen LogP contribution in [0, 0.1) is 0 Å². The molecule has 0 fully saturated rings. The van der Waals surface area contributed by atoms with Crippen molar-refractivity contribution in [1.82, 2.24) is 4.57 Å². The SMILES string of the molecule is CCOC(=O)c1ccc(=O)n2c1SC=C(C)C2C(=O)OCC. The van der Waals surface area contributed by atoms with E-state index in [0.717, 1.165) is 0 Å². The molecule has 2 rings (SSSR count). The Balaban J connectivity index is 2.58. The van der Waals surface area contributed by atoms with Crippen LogP contribution in [0.25, 0.3) is 0 Å². The van der Waals surface area contributed by atoms with Crippen molar-refractivity contribution in [3.63, 3.8) is 0 Å². The molecule has 22 heavy (non-hydrogen) atoms. The lowest BCUT2D eigenvalue weighted by atomic mass is 10.1. The molecule has 0 bridgehead atoms. The molecule has 0 saturated heterocycles. The van der Waals surface area contributed by atoms with Crippen LogP contribution in [0.1, 0.15) is 37.2 Å². The first-order valence-corrected chi connectivity index (χ1v) is 7.81. The highest BCUT2D eigenvalue weighted by atomic mass is 32.2. The van der Waals surface area contributed by atoms with Gasteiger partial charge in [0, 0.05) is 6.07 Å². The standard InChI is InChI=1S/C15H17NO5S/c1-4-20-14(18)10-6-7-11(17)16-12(15(19)21-5-2)9(3)8-22-13(10)16/h6-8,12H,4-5H2,1-3H3. The van der Waals surface area contributed by atoms with Gasteiger partial charge in [-0.15, -0.1) is 0 Å². The predicted octanol–water partition coefficient (Wildman–Crippen LogP) is 2.14. The van der Waals surface area contributed by atoms with Gasteiger partial charge >= 0.3 is 11.9 Å². The lowest BCUT2D eigenvalue weighted by Gasteiger charge is -2.26. The van der Waals surface area contributed by atoms with Crippen LogP contribution in [-0.4, -0.2) is 29.7 Å². The number of carbonyl (C=O) groups is 2. The second-order valence-electron chi connectivity index (χ2n) is 4.62. The largest absolute Gasteiger partial charge is 0.464 e. The molecule has 0 aliphatic carbocycles. The Morgan fingerprint density at radius 2 is 1.91 bits per heavy atom. The average Bonchev–Trinajstić information content (AvgIpc) is 2.48. The molecular weight excluding hydrogens is 306 g/mol. The maximum absolute atomic E-state index is 12.2. The van der Waals surface area contributed by atoms with Gasteiger partial charge in [-0.05, 0) is 37.8 Å². The maximum Gasteiger partial charge on any atom is 0.340 e. The summed E-state index contributed by atoms with van der Waals surface area (Å²) in [6.07, 6.45) is 0. The molecule has 0 aromatic carbocycles. The Labute approximate surface area is 132 Å². The summed E-state index contributed by atoms with van der Waals surface area (Å²) in [6, 6.07) is 1.84. The number of esters is 2. The molecule has 1 aliphatic heterocycles. The number of carbonyl (C=O) groups excluding carboxylic acids is 2. The van der Waals surface area contributed by atoms with Crippen LogP contribution < -0.4 is 5.56 Å². The van der Waals surface area contributed by atoms with Gasteiger partial charge in [-0.25, -0.2) is 9.59 Å². The quantitative estimate of drug-likeness (QED) is 0.790. The van der Waals surface area contributed by atoms with E-state index in [9.17, 15) is 14.4 Å². The molecule has 0 radical (unpaired) electrons. The highest BCUT2D eigenvalue weighted by Gasteiger charge is 2.32. The average molecular weight is 323 g/mol. The molecule has 1 aliphatic rings. The smallest absolute Gasteiger partial charge is 0.340 e. The van der Waals surface area contributed by atoms with Crippen molar-refractivity contribution in [3.8, 4) is 0 Å². The van der Waals surface area contributed by atoms with Gasteiger partial charge in [-0.2, -0.15) is 0 Å². The Hall–Kier alpha value is -2.02. The van der Waals surface area contributed by atoms with E-state index in [1.54, 1.807) is 26.2 Å². The van der Waals surface area contributed by atoms with Gasteiger partial charge in [-0.1, -0.05) is 11.8 Å². The molecule has 7 heteroatoms. The highest BCUT2D eigenvalue weighted by molar-refractivity contribution is 8.02. The molecule has 6 nitrogen and oxygen atoms in total. The third kappa shape index (κ3) is 2.94. The van der Waals surface area contributed by atoms with Crippen LogP contribution in [0.4, 0.5) is 0 Å². The zero-order chi connectivity index (χ0) is 16.3. The summed E-state index contributed by atoms with van der Waals surface area (Å²) >= 11 is 1.22. The normalized spacial score (nSPS) is 16.5. The number of rotatable bonds is 4. The summed E-state index contributed by atoms with van der Waals surface area (Å²) in [6.45, 7) is 5.61. The Kier molecular flexibility index (Phi) is 5.07. The minimum absolute atomic E-state index is 0.220. The molecule has 0 N–H and O–H groups in total. The fourth-order valence-corrected chi connectivity index (χ4v) is 3.21. The van der Waals surface area contributed by atoms with Crippen molar-refractivity contribution in [2.24, 2.45) is 0 Å². The summed E-state index contributed by atoms with van der Waals surface area (Å²) in [5.74, 6) is -1.03. The highest BCUT2D eigenvalue weighted by Crippen LogP contribution is 2.35. The van der Waals surface area contributed by atoms with Crippen molar-refractivity contribution < 1.29 is 19.1 Å². The van der Waals surface area contributed by atoms with E-state index in [4.69, 9.17) is 9.47 Å². The van der Waals surface area contributed by atoms with E-state index in [-0.39, 0.29) is 24.3 Å². The van der Waals surface area contributed by atoms with Gasteiger partial charge in [0.25, 0.3) is 5.56 Å². The van der Waals surface area contributed by atoms with E-state index in [0.29, 0.717) is 10.6 Å². The van der Waals surface area contributed by atoms with Gasteiger partial charge in [0.1, 0.15) is 0 Å². The van der Waals surface area contributed by atoms with Gasteiger partial charge in [0.05, 0.1) is 23.8 Å². The van der Waals surface area contributed by atoms with E-state index >= 15 is 0 Å². The fraction of sp³-hybridized carbons (Fsp3) is 0.400. The summed E-state index contributed by atoms with van der Waals surface area (Å²) in [7, 11) is 0. The second kappa shape index (κ2) is 6.83. The lowest BCUT2D eigenvalue weighted by Crippen LogP contribution is -2.35. The van der Waals surface area contributed by atoms with Crippen LogP contribution >= 0.6 is 11.8 Å². The summed E-state index contributed by atoms with van der Waals surface area (Å²) in [5, 5.41) is 2.15. The Morgan fingerprint density at radius 3 is 2.55 bits per heavy atom. The predicted molar refractivity (Wildman–Crippen MR) is 81.9 cm³/mol. The van der Waals surface area contributed by atoms with Gasteiger partial charge in [0.15, 0.2) is 6.04 Å². The van der Waals surface area contributed by atoms with Crippen molar-refractivity contribution in [1.29, 1.82) is 0 Å². The van der Waals surface area contributed by atoms with Crippen molar-refractivity contribution in [2.45, 2.75) is 31.8 Å². The Morgan fingerprint density at radius 1 is 1.23 bits per heavy atom. The molecule has 0 saturated carbocycles. The first kappa shape index (κ1) is 16.4. The van der Waals surface area contributed by atoms with Crippen LogP contribution in [0.3, 0.4) is 0 Å². The first-order chi connectivity index (χ1) is 10.5. The lowest BCUT2D eigenvalue weighted by molar-refractivity contribution is -0.146. The minimum Gasteiger partial charge on any atom is -0.464 e. The summed E-state index contributed by atoms with van der Waals surface area (Å²) in [5.41, 5.74) is 0.601. The number of thioether (sulfide) groups is 1. The van der Waals surface area contributed by atoms with Crippen LogP contribution in [0.5, 0.6) is 0 Å². The number of ether oxygens (including phenoxy) is 2. The number of fused-ring (bicyclic) bond motifs is 1. The van der Waals surface area contributed by atoms with Crippen molar-refractivity contribution in [2.75, 3.05) is 13.2 Å². The van der Waals surface area contributed by atoms with E-state index in [1.165, 1.54) is 28.5 Å². The van der Waals surface area contributed by atoms with E-state index in [2.05, 4.69) is 0 Å². The molecule has 1 aromatic heterocycles. The van der Waals surface area contributed by atoms with Crippen molar-refractivity contribution in [3.05, 3.63) is 39.0 Å². The van der Waals surface area contributed by atoms with Gasteiger partial charge in [0.2, 0.25) is 0 Å². The number of pyridine rings is 1. The number of nitrogens with zero attached hydrogens (tertiary/aromatic N) is 1. The third-order valence-electron chi connectivity index (χ3n) is 3.13. The fourth-order valence-electron chi connectivity index (χ4n) is 2.19. The van der Waals surface area contributed by atoms with Gasteiger partial charge < -0.3 is 9.47 Å². The van der Waals surface area contributed by atoms with E-state index < -0.39 is 18.0 Å². The van der Waals surface area contributed by atoms with Crippen LogP contribution in [-0.2, 0) is 14.3 Å². The van der Waals surface area contributed by atoms with E-state index in [1.807, 2.05) is 0 Å². The molecule has 2 heterocycles. The zero-order valence-corrected chi connectivity index (χ0v) is 13.4. The van der Waals surface area contributed by atoms with Gasteiger partial charge in [-0.3, -0.25) is 9.36 Å². The Bertz CT molecular complexity index is 692. The number of aromatic nitrogens is 1. The van der Waals surface area contributed by atoms with Crippen LogP contribution in [0.15, 0.2) is 32.9 Å². The maximum atomic E-state index is 12.2. The molecule has 118 valence electrons. The third-order valence-corrected chi connectivity index (χ3v) is 4.26. The molecule has 1 aromatic rings. The van der Waals surface area contributed by atoms with Crippen LogP contribution in [0.2, 0.25) is 0 Å². The summed E-state index contributed by atoms with van der Waals surface area (Å²) in [4.78, 5) is 36.4. The molecule has 1 atom stereocenters. The monoisotopic (exact) mass is 323 g/mol. The topological polar surface area (TPSA) is 74.6 Å². The number of hydrogen-bond acceptors (Lipinski definition) is 6. The second-order valence-corrected chi connectivity index (χ2v) is 5.47. The first-order valence-electron chi connectivity index (χ1n) is 6.93. The van der Waals surface area contributed by atoms with Crippen molar-refractivity contribution >= 4 is 23.7 Å². The molecule has 1 unspecified atom stereocenters. The minimum atomic E-state index is -0.849. The molecule has 0 spiro atoms. The molecular formula is C15H17NO5S. The molecule has 0 amide bonds. The summed E-state index contributed by atoms with van der Waals surface area (Å²) < 4.78 is 11.3. The number of hydrogen-bond donors (Lipinski definition) is 0.